The molecule has 0 saturated carbocycles. The summed E-state index contributed by atoms with van der Waals surface area (Å²) in [6.07, 6.45) is 0.795. The van der Waals surface area contributed by atoms with Crippen molar-refractivity contribution in [1.29, 1.82) is 0 Å². The lowest BCUT2D eigenvalue weighted by Crippen LogP contribution is -2.21. The lowest BCUT2D eigenvalue weighted by Gasteiger charge is -2.06. The first-order valence-corrected chi connectivity index (χ1v) is 6.16. The van der Waals surface area contributed by atoms with E-state index in [1.54, 1.807) is 12.1 Å². The number of carbonyl (C=O) groups excluding carboxylic acids is 1. The third kappa shape index (κ3) is 4.23. The molecule has 1 aromatic carbocycles. The van der Waals surface area contributed by atoms with Gasteiger partial charge in [-0.25, -0.2) is 4.21 Å². The summed E-state index contributed by atoms with van der Waals surface area (Å²) in [5, 5.41) is 0. The molecule has 0 amide bonds. The Morgan fingerprint density at radius 3 is 2.28 bits per heavy atom. The van der Waals surface area contributed by atoms with Crippen LogP contribution in [0.3, 0.4) is 0 Å². The largest absolute Gasteiger partial charge is 0.497 e. The van der Waals surface area contributed by atoms with Crippen LogP contribution in [0.5, 0.6) is 0 Å². The van der Waals surface area contributed by atoms with Gasteiger partial charge in [0.2, 0.25) is 0 Å². The maximum Gasteiger partial charge on any atom is 0.497 e. The zero-order chi connectivity index (χ0) is 13.8. The van der Waals surface area contributed by atoms with Crippen molar-refractivity contribution < 1.29 is 26.4 Å². The predicted octanol–water partition coefficient (Wildman–Crippen LogP) is 2.63. The Bertz CT molecular complexity index is 440. The Morgan fingerprint density at radius 2 is 1.83 bits per heavy atom. The molecule has 100 valence electrons. The molecule has 0 aromatic heterocycles. The molecule has 18 heavy (non-hydrogen) atoms. The average molecular weight is 280 g/mol. The van der Waals surface area contributed by atoms with Gasteiger partial charge in [-0.2, -0.15) is 13.2 Å². The molecule has 1 atom stereocenters. The molecule has 0 radical (unpaired) electrons. The van der Waals surface area contributed by atoms with Crippen LogP contribution < -0.4 is 0 Å². The van der Waals surface area contributed by atoms with Crippen molar-refractivity contribution >= 4 is 16.9 Å². The first kappa shape index (κ1) is 14.8. The summed E-state index contributed by atoms with van der Waals surface area (Å²) in [5.74, 6) is -0.643. The van der Waals surface area contributed by atoms with E-state index in [9.17, 15) is 22.2 Å². The smallest absolute Gasteiger partial charge is 0.292 e. The molecular formula is C11H11F3O3S. The molecule has 0 aliphatic carbocycles. The summed E-state index contributed by atoms with van der Waals surface area (Å²) in [6.45, 7) is 1.07. The molecule has 1 unspecified atom stereocenters. The second-order valence-corrected chi connectivity index (χ2v) is 4.58. The fraction of sp³-hybridized carbons (Fsp3) is 0.364. The highest BCUT2D eigenvalue weighted by Crippen LogP contribution is 2.20. The second-order valence-electron chi connectivity index (χ2n) is 3.42. The fourth-order valence-corrected chi connectivity index (χ4v) is 1.53. The number of rotatable bonds is 5. The zero-order valence-corrected chi connectivity index (χ0v) is 10.3. The minimum absolute atomic E-state index is 0.228. The molecular weight excluding hydrogens is 269 g/mol. The van der Waals surface area contributed by atoms with Gasteiger partial charge in [0, 0.05) is 5.56 Å². The van der Waals surface area contributed by atoms with Crippen LogP contribution in [0.2, 0.25) is 0 Å². The monoisotopic (exact) mass is 280 g/mol. The first-order valence-electron chi connectivity index (χ1n) is 5.08. The van der Waals surface area contributed by atoms with E-state index < -0.39 is 29.0 Å². The van der Waals surface area contributed by atoms with Gasteiger partial charge in [-0.05, 0) is 12.0 Å². The Morgan fingerprint density at radius 1 is 1.28 bits per heavy atom. The highest BCUT2D eigenvalue weighted by atomic mass is 32.2. The third-order valence-electron chi connectivity index (χ3n) is 2.17. The molecule has 0 saturated heterocycles. The maximum absolute atomic E-state index is 11.9. The first-order chi connectivity index (χ1) is 8.34. The minimum Gasteiger partial charge on any atom is -0.292 e. The number of ketones is 1. The second kappa shape index (κ2) is 6.10. The summed E-state index contributed by atoms with van der Waals surface area (Å²) in [4.78, 5) is 11.4. The van der Waals surface area contributed by atoms with E-state index in [-0.39, 0.29) is 5.56 Å². The van der Waals surface area contributed by atoms with E-state index >= 15 is 0 Å². The fourth-order valence-electron chi connectivity index (χ4n) is 1.18. The molecule has 0 heterocycles. The van der Waals surface area contributed by atoms with E-state index in [2.05, 4.69) is 4.18 Å². The van der Waals surface area contributed by atoms with Gasteiger partial charge in [-0.1, -0.05) is 31.2 Å². The highest BCUT2D eigenvalue weighted by Gasteiger charge is 2.38. The molecule has 0 spiro atoms. The van der Waals surface area contributed by atoms with Crippen LogP contribution in [-0.2, 0) is 21.7 Å². The molecule has 0 aliphatic rings. The number of alkyl halides is 3. The predicted molar refractivity (Wildman–Crippen MR) is 60.3 cm³/mol. The summed E-state index contributed by atoms with van der Waals surface area (Å²) in [6, 6.07) is 6.41. The van der Waals surface area contributed by atoms with Crippen LogP contribution in [-0.4, -0.2) is 22.1 Å². The van der Waals surface area contributed by atoms with E-state index in [1.807, 2.05) is 6.92 Å². The van der Waals surface area contributed by atoms with Crippen LogP contribution >= 0.6 is 0 Å². The van der Waals surface area contributed by atoms with Crippen molar-refractivity contribution in [2.24, 2.45) is 0 Å². The van der Waals surface area contributed by atoms with Gasteiger partial charge in [0.1, 0.15) is 6.61 Å². The van der Waals surface area contributed by atoms with Crippen LogP contribution in [0.25, 0.3) is 0 Å². The Kier molecular flexibility index (Phi) is 5.03. The summed E-state index contributed by atoms with van der Waals surface area (Å²) in [5.41, 5.74) is -3.73. The summed E-state index contributed by atoms with van der Waals surface area (Å²) < 4.78 is 50.1. The number of carbonyl (C=O) groups is 1. The number of Topliss-reactive ketones (excluding diaryl/α,β-unsaturated/α-hetero) is 1. The molecule has 7 heteroatoms. The minimum atomic E-state index is -4.97. The third-order valence-corrected chi connectivity index (χ3v) is 2.88. The zero-order valence-electron chi connectivity index (χ0n) is 9.49. The molecule has 0 bridgehead atoms. The summed E-state index contributed by atoms with van der Waals surface area (Å²) in [7, 11) is 0. The van der Waals surface area contributed by atoms with Gasteiger partial charge < -0.3 is 0 Å². The normalized spacial score (nSPS) is 13.3. The van der Waals surface area contributed by atoms with Gasteiger partial charge in [0.05, 0.1) is 0 Å². The molecule has 0 aliphatic heterocycles. The van der Waals surface area contributed by atoms with Gasteiger partial charge >= 0.3 is 5.51 Å². The van der Waals surface area contributed by atoms with Crippen LogP contribution in [0.4, 0.5) is 13.2 Å². The van der Waals surface area contributed by atoms with Crippen LogP contribution in [0.1, 0.15) is 22.8 Å². The van der Waals surface area contributed by atoms with E-state index in [1.165, 1.54) is 12.1 Å². The molecule has 0 N–H and O–H groups in total. The number of halogens is 3. The van der Waals surface area contributed by atoms with Gasteiger partial charge in [0.25, 0.3) is 11.1 Å². The van der Waals surface area contributed by atoms with E-state index in [0.29, 0.717) is 0 Å². The Balaban J connectivity index is 2.58. The van der Waals surface area contributed by atoms with Crippen LogP contribution in [0.15, 0.2) is 24.3 Å². The van der Waals surface area contributed by atoms with Crippen molar-refractivity contribution in [3.05, 3.63) is 35.4 Å². The molecule has 1 rings (SSSR count). The number of hydrogen-bond acceptors (Lipinski definition) is 3. The van der Waals surface area contributed by atoms with Crippen molar-refractivity contribution in [3.63, 3.8) is 0 Å². The molecule has 1 aromatic rings. The average Bonchev–Trinajstić information content (AvgIpc) is 2.34. The standard InChI is InChI=1S/C11H11F3O3S/c1-2-8-3-5-9(6-4-8)10(15)7-17-18(16)11(12,13)14/h3-6H,2,7H2,1H3. The van der Waals surface area contributed by atoms with Crippen molar-refractivity contribution in [2.75, 3.05) is 6.61 Å². The molecule has 0 fully saturated rings. The Hall–Kier alpha value is -1.21. The number of hydrogen-bond donors (Lipinski definition) is 0. The number of aryl methyl sites for hydroxylation is 1. The van der Waals surface area contributed by atoms with Crippen molar-refractivity contribution in [3.8, 4) is 0 Å². The van der Waals surface area contributed by atoms with Crippen molar-refractivity contribution in [2.45, 2.75) is 18.9 Å². The van der Waals surface area contributed by atoms with Crippen LogP contribution in [0, 0.1) is 0 Å². The Labute approximate surface area is 105 Å². The SMILES string of the molecule is CCc1ccc(C(=O)COS(=O)C(F)(F)F)cc1. The van der Waals surface area contributed by atoms with Gasteiger partial charge in [-0.3, -0.25) is 8.98 Å². The number of benzene rings is 1. The topological polar surface area (TPSA) is 43.4 Å². The van der Waals surface area contributed by atoms with Gasteiger partial charge in [0.15, 0.2) is 5.78 Å². The van der Waals surface area contributed by atoms with Gasteiger partial charge in [-0.15, -0.1) is 0 Å². The maximum atomic E-state index is 11.9. The lowest BCUT2D eigenvalue weighted by molar-refractivity contribution is -0.0467. The molecule has 3 nitrogen and oxygen atoms in total. The highest BCUT2D eigenvalue weighted by molar-refractivity contribution is 7.81. The quantitative estimate of drug-likeness (QED) is 0.779. The van der Waals surface area contributed by atoms with Crippen molar-refractivity contribution in [1.82, 2.24) is 0 Å². The van der Waals surface area contributed by atoms with E-state index in [4.69, 9.17) is 0 Å². The van der Waals surface area contributed by atoms with E-state index in [0.717, 1.165) is 12.0 Å². The lowest BCUT2D eigenvalue weighted by atomic mass is 10.1. The summed E-state index contributed by atoms with van der Waals surface area (Å²) >= 11 is -3.46.